The SMILES string of the molecule is Cc1c(C(=O)O)c(-c2cccc(N3CCN(c4ccc(N5CCO[P@@]5(=O)c5ccc(C[C@H](CCN6CCC(O)CC6)CSc6ccccc6)c(S(C)(=O)=O)c5)cc4)CC3)c2)c(-c2ccc(Cl)cc2)n1C(C)C.Cc1c(C(=O)O)c(-c2cccc(N3CCN(c4ccc(N5CCO[P@]5(=O)c5ccc(C[C@H](CCN6CCC(O)CC6)CSc6ccccc6)c(S(C)(=O)=O)c5)cc4)CC3)c2)c(-c2ccc(Cl)cc2)n1C(C)C. The number of sulfone groups is 2. The predicted octanol–water partition coefficient (Wildman–Crippen LogP) is 21.9. The number of carboxylic acids is 2. The van der Waals surface area contributed by atoms with E-state index in [1.807, 2.05) is 184 Å². The number of aliphatic hydroxyl groups is 2. The molecule has 4 atom stereocenters. The number of hydrogen-bond acceptors (Lipinski definition) is 20. The van der Waals surface area contributed by atoms with E-state index in [1.54, 1.807) is 57.1 Å². The van der Waals surface area contributed by atoms with Gasteiger partial charge in [-0.2, -0.15) is 0 Å². The Hall–Kier alpha value is -10.1. The Morgan fingerprint density at radius 3 is 1.06 bits per heavy atom. The number of carboxylic acid groups (broad SMARTS) is 2. The molecule has 760 valence electrons. The van der Waals surface area contributed by atoms with E-state index < -0.39 is 46.7 Å². The Bertz CT molecular complexity index is 6470. The quantitative estimate of drug-likeness (QED) is 0.0215. The Balaban J connectivity index is 0.000000198. The first-order chi connectivity index (χ1) is 69.1. The summed E-state index contributed by atoms with van der Waals surface area (Å²) in [5.41, 5.74) is 15.6. The molecule has 24 nitrogen and oxygen atoms in total. The van der Waals surface area contributed by atoms with Crippen molar-refractivity contribution in [1.82, 2.24) is 18.9 Å². The highest BCUT2D eigenvalue weighted by molar-refractivity contribution is 7.99. The highest BCUT2D eigenvalue weighted by atomic mass is 35.5. The number of rotatable bonds is 34. The van der Waals surface area contributed by atoms with Crippen LogP contribution in [0.3, 0.4) is 0 Å². The van der Waals surface area contributed by atoms with Crippen LogP contribution < -0.4 is 39.5 Å². The van der Waals surface area contributed by atoms with E-state index in [4.69, 9.17) is 32.2 Å². The minimum absolute atomic E-state index is 0.0194. The van der Waals surface area contributed by atoms with Crippen LogP contribution in [0.25, 0.3) is 44.8 Å². The zero-order chi connectivity index (χ0) is 101. The van der Waals surface area contributed by atoms with Crippen molar-refractivity contribution < 1.29 is 65.0 Å². The number of piperazine rings is 2. The zero-order valence-corrected chi connectivity index (χ0v) is 89.6. The number of carbonyl (C=O) groups is 2. The standard InChI is InChI=1S/2C56H65ClN5O7PS2/c2*1-39(2)62-40(3)53(56(64)65)54(55(62)42-13-16-45(57)17-14-42)44-9-8-10-48(36-44)60-31-29-59(30-32-60)46-18-20-47(21-19-46)61-33-34-69-70(61,66)50-22-15-43(52(37-50)72(4,67)68)35-41(38-71-51-11-6-5-7-12-51)23-26-58-27-24-49(63)25-28-58/h2*5-22,36-37,39,41,49,63H,23-35,38H2,1-4H3,(H,64,65)/t41-,70+;41-,70-/m00/s1. The molecule has 4 N–H and O–H groups in total. The van der Waals surface area contributed by atoms with Crippen molar-refractivity contribution >= 4 is 138 Å². The second-order valence-corrected chi connectivity index (χ2v) is 50.8. The molecule has 144 heavy (non-hydrogen) atoms. The molecular weight excluding hydrogens is 1970 g/mol. The highest BCUT2D eigenvalue weighted by Gasteiger charge is 2.44. The number of thioether (sulfide) groups is 2. The molecule has 2 aromatic heterocycles. The number of benzene rings is 10. The molecule has 0 bridgehead atoms. The van der Waals surface area contributed by atoms with Crippen LogP contribution in [0.1, 0.15) is 122 Å². The fraction of sp³-hybridized carbons (Fsp3) is 0.375. The van der Waals surface area contributed by atoms with E-state index in [2.05, 4.69) is 115 Å². The fourth-order valence-electron chi connectivity index (χ4n) is 21.4. The van der Waals surface area contributed by atoms with Gasteiger partial charge in [-0.3, -0.25) is 18.5 Å². The predicted molar refractivity (Wildman–Crippen MR) is 588 cm³/mol. The maximum Gasteiger partial charge on any atom is 0.338 e. The lowest BCUT2D eigenvalue weighted by molar-refractivity contribution is 0.0685. The van der Waals surface area contributed by atoms with Crippen LogP contribution in [-0.2, 0) is 50.7 Å². The van der Waals surface area contributed by atoms with E-state index in [-0.39, 0.29) is 59.1 Å². The van der Waals surface area contributed by atoms with Gasteiger partial charge in [0, 0.05) is 191 Å². The van der Waals surface area contributed by atoms with Crippen molar-refractivity contribution in [3.8, 4) is 44.8 Å². The second-order valence-electron chi connectivity index (χ2n) is 39.2. The molecule has 6 saturated heterocycles. The summed E-state index contributed by atoms with van der Waals surface area (Å²) in [6, 6.07) is 78.6. The molecular formula is C112H130Cl2N10O14P2S4. The van der Waals surface area contributed by atoms with E-state index in [0.717, 1.165) is 221 Å². The minimum Gasteiger partial charge on any atom is -0.478 e. The van der Waals surface area contributed by atoms with E-state index in [0.29, 0.717) is 80.2 Å². The van der Waals surface area contributed by atoms with Crippen molar-refractivity contribution in [2.45, 2.75) is 137 Å². The van der Waals surface area contributed by atoms with Crippen molar-refractivity contribution in [2.75, 3.05) is 171 Å². The van der Waals surface area contributed by atoms with E-state index in [1.165, 1.54) is 22.3 Å². The molecule has 0 unspecified atom stereocenters. The summed E-state index contributed by atoms with van der Waals surface area (Å²) >= 11 is 16.1. The van der Waals surface area contributed by atoms with Crippen LogP contribution in [0.5, 0.6) is 0 Å². The molecule has 0 saturated carbocycles. The molecule has 6 fully saturated rings. The molecule has 0 radical (unpaired) electrons. The summed E-state index contributed by atoms with van der Waals surface area (Å²) in [6.45, 7) is 24.5. The highest BCUT2D eigenvalue weighted by Crippen LogP contribution is 2.58. The monoisotopic (exact) mass is 2100 g/mol. The number of aromatic nitrogens is 2. The van der Waals surface area contributed by atoms with Gasteiger partial charge in [-0.1, -0.05) is 120 Å². The Kier molecular flexibility index (Phi) is 33.7. The third kappa shape index (κ3) is 24.2. The topological polar surface area (TPSA) is 272 Å². The normalized spacial score (nSPS) is 18.6. The van der Waals surface area contributed by atoms with Crippen LogP contribution in [0, 0.1) is 25.7 Å². The van der Waals surface area contributed by atoms with Gasteiger partial charge in [0.25, 0.3) is 0 Å². The third-order valence-electron chi connectivity index (χ3n) is 28.8. The number of piperidine rings is 2. The number of likely N-dealkylation sites (tertiary alicyclic amines) is 2. The summed E-state index contributed by atoms with van der Waals surface area (Å²) in [5, 5.41) is 43.3. The molecule has 8 heterocycles. The maximum absolute atomic E-state index is 15.0. The smallest absolute Gasteiger partial charge is 0.338 e. The molecule has 0 aliphatic carbocycles. The van der Waals surface area contributed by atoms with Gasteiger partial charge in [0.2, 0.25) is 0 Å². The number of aromatic carboxylic acids is 2. The average molecular weight is 2100 g/mol. The van der Waals surface area contributed by atoms with Crippen LogP contribution in [0.15, 0.2) is 262 Å². The van der Waals surface area contributed by atoms with Crippen LogP contribution in [0.2, 0.25) is 10.0 Å². The number of aliphatic hydroxyl groups excluding tert-OH is 2. The lowest BCUT2D eigenvalue weighted by atomic mass is 9.96. The van der Waals surface area contributed by atoms with Gasteiger partial charge in [-0.15, -0.1) is 23.5 Å². The van der Waals surface area contributed by atoms with Crippen LogP contribution in [0.4, 0.5) is 34.1 Å². The molecule has 0 amide bonds. The Morgan fingerprint density at radius 2 is 0.736 bits per heavy atom. The van der Waals surface area contributed by atoms with Crippen LogP contribution in [-0.4, -0.2) is 222 Å². The number of anilines is 6. The summed E-state index contributed by atoms with van der Waals surface area (Å²) in [4.78, 5) is 42.7. The van der Waals surface area contributed by atoms with Gasteiger partial charge in [0.1, 0.15) is 0 Å². The van der Waals surface area contributed by atoms with Gasteiger partial charge >= 0.3 is 27.0 Å². The largest absolute Gasteiger partial charge is 0.478 e. The van der Waals surface area contributed by atoms with Crippen molar-refractivity contribution in [2.24, 2.45) is 11.8 Å². The Labute approximate surface area is 866 Å². The summed E-state index contributed by atoms with van der Waals surface area (Å²) < 4.78 is 104. The van der Waals surface area contributed by atoms with Crippen LogP contribution >= 0.6 is 61.8 Å². The Morgan fingerprint density at radius 1 is 0.403 bits per heavy atom. The van der Waals surface area contributed by atoms with Crippen molar-refractivity contribution in [3.63, 3.8) is 0 Å². The lowest BCUT2D eigenvalue weighted by Gasteiger charge is -2.37. The van der Waals surface area contributed by atoms with E-state index in [9.17, 15) is 46.9 Å². The molecule has 12 aromatic rings. The summed E-state index contributed by atoms with van der Waals surface area (Å²) in [5.74, 6) is 0.0654. The number of hydrogen-bond donors (Lipinski definition) is 4. The third-order valence-corrected chi connectivity index (χ3v) is 39.2. The second kappa shape index (κ2) is 46.1. The van der Waals surface area contributed by atoms with Gasteiger partial charge in [0.05, 0.1) is 81.4 Å². The van der Waals surface area contributed by atoms with Gasteiger partial charge in [-0.25, -0.2) is 26.4 Å². The molecule has 18 rings (SSSR count). The zero-order valence-electron chi connectivity index (χ0n) is 83.0. The van der Waals surface area contributed by atoms with Gasteiger partial charge < -0.3 is 68.0 Å². The molecule has 6 aliphatic rings. The van der Waals surface area contributed by atoms with Gasteiger partial charge in [-0.05, 0) is 297 Å². The first-order valence-electron chi connectivity index (χ1n) is 49.9. The van der Waals surface area contributed by atoms with Crippen molar-refractivity contribution in [3.05, 3.63) is 286 Å². The first-order valence-corrected chi connectivity index (χ1v) is 59.6. The number of halogens is 2. The molecule has 10 aromatic carbocycles. The summed E-state index contributed by atoms with van der Waals surface area (Å²) in [6.07, 6.45) is 7.93. The number of nitrogens with zero attached hydrogens (tertiary/aromatic N) is 10. The molecule has 6 aliphatic heterocycles. The van der Waals surface area contributed by atoms with E-state index >= 15 is 9.13 Å². The fourth-order valence-corrected chi connectivity index (χ4v) is 30.3. The molecule has 32 heteroatoms. The maximum atomic E-state index is 15.0. The molecule has 0 spiro atoms. The van der Waals surface area contributed by atoms with Crippen molar-refractivity contribution in [1.29, 1.82) is 0 Å². The first kappa shape index (κ1) is 105. The lowest BCUT2D eigenvalue weighted by Crippen LogP contribution is -2.46. The average Bonchev–Trinajstić information content (AvgIpc) is 1.57. The minimum atomic E-state index is -3.70. The van der Waals surface area contributed by atoms with Gasteiger partial charge in [0.15, 0.2) is 19.7 Å². The summed E-state index contributed by atoms with van der Waals surface area (Å²) in [7, 11) is -14.7.